The van der Waals surface area contributed by atoms with E-state index in [4.69, 9.17) is 11.1 Å². The van der Waals surface area contributed by atoms with Gasteiger partial charge in [0.2, 0.25) is 0 Å². The number of hydrogen-bond donors (Lipinski definition) is 4. The molecule has 5 N–H and O–H groups in total. The monoisotopic (exact) mass is 321 g/mol. The third-order valence-corrected chi connectivity index (χ3v) is 3.93. The third kappa shape index (κ3) is 2.91. The fourth-order valence-electron chi connectivity index (χ4n) is 2.73. The zero-order chi connectivity index (χ0) is 17.1. The zero-order valence-corrected chi connectivity index (χ0v) is 13.3. The number of ketones is 1. The number of aromatic amines is 1. The Bertz CT molecular complexity index is 888. The lowest BCUT2D eigenvalue weighted by Crippen LogP contribution is -2.20. The Kier molecular flexibility index (Phi) is 4.39. The summed E-state index contributed by atoms with van der Waals surface area (Å²) < 4.78 is 0. The SMILES string of the molecule is CN/C=C(\C=N)c1cnc2[nH]cc(C(=O)C3=CC(N)CC=C3)c2c1. The number of nitrogens with one attached hydrogen (secondary N) is 3. The number of Topliss-reactive ketones (excluding diaryl/α,β-unsaturated/α-hetero) is 1. The Labute approximate surface area is 139 Å². The van der Waals surface area contributed by atoms with Gasteiger partial charge in [0.05, 0.1) is 0 Å². The third-order valence-electron chi connectivity index (χ3n) is 3.93. The summed E-state index contributed by atoms with van der Waals surface area (Å²) in [5.41, 5.74) is 9.15. The van der Waals surface area contributed by atoms with E-state index in [0.717, 1.165) is 17.4 Å². The van der Waals surface area contributed by atoms with Crippen molar-refractivity contribution in [2.24, 2.45) is 5.73 Å². The molecular weight excluding hydrogens is 302 g/mol. The van der Waals surface area contributed by atoms with Crippen LogP contribution < -0.4 is 11.1 Å². The van der Waals surface area contributed by atoms with Gasteiger partial charge in [0.15, 0.2) is 5.78 Å². The van der Waals surface area contributed by atoms with Crippen molar-refractivity contribution in [1.29, 1.82) is 5.41 Å². The van der Waals surface area contributed by atoms with E-state index < -0.39 is 0 Å². The molecular formula is C18H19N5O. The highest BCUT2D eigenvalue weighted by atomic mass is 16.1. The van der Waals surface area contributed by atoms with Crippen LogP contribution >= 0.6 is 0 Å². The normalized spacial score (nSPS) is 17.7. The number of pyridine rings is 1. The predicted molar refractivity (Wildman–Crippen MR) is 96.1 cm³/mol. The highest BCUT2D eigenvalue weighted by Gasteiger charge is 2.18. The first-order valence-electron chi connectivity index (χ1n) is 7.68. The molecule has 6 heteroatoms. The van der Waals surface area contributed by atoms with E-state index in [-0.39, 0.29) is 11.8 Å². The van der Waals surface area contributed by atoms with Gasteiger partial charge in [0, 0.05) is 65.6 Å². The van der Waals surface area contributed by atoms with Gasteiger partial charge in [-0.1, -0.05) is 18.2 Å². The van der Waals surface area contributed by atoms with Crippen LogP contribution in [-0.4, -0.2) is 35.1 Å². The number of nitrogens with two attached hydrogens (primary N) is 1. The summed E-state index contributed by atoms with van der Waals surface area (Å²) in [7, 11) is 1.77. The van der Waals surface area contributed by atoms with Crippen molar-refractivity contribution < 1.29 is 4.79 Å². The Morgan fingerprint density at radius 2 is 2.38 bits per heavy atom. The number of carbonyl (C=O) groups excluding carboxylic acids is 1. The van der Waals surface area contributed by atoms with Crippen molar-refractivity contribution in [2.45, 2.75) is 12.5 Å². The standard InChI is InChI=1S/C18H19N5O/c1-21-8-13(7-19)12-6-15-16(10-23-18(15)22-9-12)17(24)11-3-2-4-14(20)5-11/h2-3,5-10,14,19,21H,4,20H2,1H3,(H,22,23)/b13-8+,19-7?. The van der Waals surface area contributed by atoms with E-state index >= 15 is 0 Å². The average molecular weight is 321 g/mol. The molecule has 3 rings (SSSR count). The van der Waals surface area contributed by atoms with Crippen LogP contribution in [0.4, 0.5) is 0 Å². The van der Waals surface area contributed by atoms with Crippen LogP contribution in [0.15, 0.2) is 48.5 Å². The molecule has 2 aromatic rings. The van der Waals surface area contributed by atoms with Gasteiger partial charge >= 0.3 is 0 Å². The summed E-state index contributed by atoms with van der Waals surface area (Å²) in [6.07, 6.45) is 12.6. The van der Waals surface area contributed by atoms with Gasteiger partial charge in [-0.15, -0.1) is 0 Å². The topological polar surface area (TPSA) is 108 Å². The number of nitrogens with zero attached hydrogens (tertiary/aromatic N) is 1. The Hall–Kier alpha value is -2.99. The number of allylic oxidation sites excluding steroid dienone is 3. The fraction of sp³-hybridized carbons (Fsp3) is 0.167. The predicted octanol–water partition coefficient (Wildman–Crippen LogP) is 2.17. The smallest absolute Gasteiger partial charge is 0.194 e. The lowest BCUT2D eigenvalue weighted by molar-refractivity contribution is 0.103. The lowest BCUT2D eigenvalue weighted by Gasteiger charge is -2.11. The van der Waals surface area contributed by atoms with Crippen LogP contribution in [0, 0.1) is 5.41 Å². The van der Waals surface area contributed by atoms with Gasteiger partial charge in [0.25, 0.3) is 0 Å². The fourth-order valence-corrected chi connectivity index (χ4v) is 2.73. The molecule has 0 bridgehead atoms. The molecule has 0 radical (unpaired) electrons. The van der Waals surface area contributed by atoms with Crippen LogP contribution in [0.5, 0.6) is 0 Å². The number of H-pyrrole nitrogens is 1. The van der Waals surface area contributed by atoms with Crippen LogP contribution in [0.3, 0.4) is 0 Å². The van der Waals surface area contributed by atoms with Crippen molar-refractivity contribution in [3.8, 4) is 0 Å². The van der Waals surface area contributed by atoms with Gasteiger partial charge in [-0.2, -0.15) is 0 Å². The number of hydrogen-bond acceptors (Lipinski definition) is 5. The maximum Gasteiger partial charge on any atom is 0.194 e. The Morgan fingerprint density at radius 3 is 3.08 bits per heavy atom. The number of fused-ring (bicyclic) bond motifs is 1. The number of aromatic nitrogens is 2. The van der Waals surface area contributed by atoms with Crippen molar-refractivity contribution in [3.05, 3.63) is 59.6 Å². The second kappa shape index (κ2) is 6.64. The summed E-state index contributed by atoms with van der Waals surface area (Å²) in [5.74, 6) is -0.0828. The van der Waals surface area contributed by atoms with Gasteiger partial charge in [0.1, 0.15) is 5.65 Å². The summed E-state index contributed by atoms with van der Waals surface area (Å²) in [4.78, 5) is 20.2. The van der Waals surface area contributed by atoms with E-state index in [2.05, 4.69) is 15.3 Å². The first-order chi connectivity index (χ1) is 11.6. The second-order valence-electron chi connectivity index (χ2n) is 5.61. The van der Waals surface area contributed by atoms with Crippen molar-refractivity contribution >= 4 is 28.6 Å². The molecule has 0 amide bonds. The first kappa shape index (κ1) is 15.9. The number of rotatable bonds is 5. The maximum atomic E-state index is 12.8. The van der Waals surface area contributed by atoms with Crippen LogP contribution in [0.2, 0.25) is 0 Å². The van der Waals surface area contributed by atoms with E-state index in [0.29, 0.717) is 22.4 Å². The molecule has 0 aliphatic heterocycles. The molecule has 0 saturated carbocycles. The van der Waals surface area contributed by atoms with Crippen molar-refractivity contribution in [2.75, 3.05) is 7.05 Å². The molecule has 0 fully saturated rings. The lowest BCUT2D eigenvalue weighted by atomic mass is 9.96. The van der Waals surface area contributed by atoms with E-state index in [1.165, 1.54) is 6.21 Å². The molecule has 1 aliphatic rings. The largest absolute Gasteiger partial charge is 0.393 e. The molecule has 24 heavy (non-hydrogen) atoms. The van der Waals surface area contributed by atoms with Crippen molar-refractivity contribution in [3.63, 3.8) is 0 Å². The van der Waals surface area contributed by atoms with Gasteiger partial charge in [-0.25, -0.2) is 4.98 Å². The summed E-state index contributed by atoms with van der Waals surface area (Å²) in [6.45, 7) is 0. The summed E-state index contributed by atoms with van der Waals surface area (Å²) >= 11 is 0. The minimum Gasteiger partial charge on any atom is -0.393 e. The molecule has 2 aromatic heterocycles. The molecule has 1 atom stereocenters. The molecule has 0 saturated heterocycles. The van der Waals surface area contributed by atoms with Crippen LogP contribution in [-0.2, 0) is 0 Å². The molecule has 1 unspecified atom stereocenters. The molecule has 122 valence electrons. The highest BCUT2D eigenvalue weighted by molar-refractivity contribution is 6.18. The summed E-state index contributed by atoms with van der Waals surface area (Å²) in [6, 6.07) is 1.74. The minimum absolute atomic E-state index is 0.0828. The minimum atomic E-state index is -0.129. The van der Waals surface area contributed by atoms with E-state index in [1.807, 2.05) is 18.2 Å². The maximum absolute atomic E-state index is 12.8. The highest BCUT2D eigenvalue weighted by Crippen LogP contribution is 2.24. The summed E-state index contributed by atoms with van der Waals surface area (Å²) in [5, 5.41) is 11.2. The van der Waals surface area contributed by atoms with Crippen LogP contribution in [0.25, 0.3) is 16.6 Å². The molecule has 0 aromatic carbocycles. The average Bonchev–Trinajstić information content (AvgIpc) is 3.02. The Balaban J connectivity index is 2.06. The Morgan fingerprint density at radius 1 is 1.54 bits per heavy atom. The molecule has 0 spiro atoms. The number of carbonyl (C=O) groups is 1. The zero-order valence-electron chi connectivity index (χ0n) is 13.3. The van der Waals surface area contributed by atoms with E-state index in [1.54, 1.807) is 31.7 Å². The van der Waals surface area contributed by atoms with Crippen molar-refractivity contribution in [1.82, 2.24) is 15.3 Å². The quantitative estimate of drug-likeness (QED) is 0.500. The second-order valence-corrected chi connectivity index (χ2v) is 5.61. The first-order valence-corrected chi connectivity index (χ1v) is 7.68. The molecule has 2 heterocycles. The van der Waals surface area contributed by atoms with Gasteiger partial charge < -0.3 is 21.4 Å². The molecule has 6 nitrogen and oxygen atoms in total. The van der Waals surface area contributed by atoms with Crippen LogP contribution in [0.1, 0.15) is 22.3 Å². The molecule has 1 aliphatic carbocycles. The van der Waals surface area contributed by atoms with Gasteiger partial charge in [-0.05, 0) is 12.5 Å². The van der Waals surface area contributed by atoms with E-state index in [9.17, 15) is 4.79 Å². The van der Waals surface area contributed by atoms with Gasteiger partial charge in [-0.3, -0.25) is 4.79 Å².